The average molecular weight is 456 g/mol. The molecular weight excluding hydrogens is 424 g/mol. The van der Waals surface area contributed by atoms with Gasteiger partial charge in [-0.25, -0.2) is 4.57 Å². The molecule has 0 amide bonds. The number of benzene rings is 2. The quantitative estimate of drug-likeness (QED) is 0.312. The first-order chi connectivity index (χ1) is 14.1. The minimum atomic E-state index is -4.19. The van der Waals surface area contributed by atoms with Gasteiger partial charge in [0, 0.05) is 0 Å². The molecule has 0 aliphatic carbocycles. The molecule has 0 bridgehead atoms. The fourth-order valence-corrected chi connectivity index (χ4v) is 2.90. The van der Waals surface area contributed by atoms with Crippen LogP contribution in [-0.2, 0) is 15.5 Å². The fourth-order valence-electron chi connectivity index (χ4n) is 2.14. The summed E-state index contributed by atoms with van der Waals surface area (Å²) in [5, 5.41) is 18.0. The van der Waals surface area contributed by atoms with E-state index in [9.17, 15) is 14.6 Å². The third-order valence-electron chi connectivity index (χ3n) is 3.80. The van der Waals surface area contributed by atoms with Crippen molar-refractivity contribution in [3.05, 3.63) is 48.0 Å². The molecule has 2 atom stereocenters. The van der Waals surface area contributed by atoms with Gasteiger partial charge in [0.1, 0.15) is 30.3 Å². The number of quaternary nitrogens is 1. The largest absolute Gasteiger partial charge is 0.527 e. The smallest absolute Gasteiger partial charge is 0.506 e. The average Bonchev–Trinajstić information content (AvgIpc) is 2.68. The molecule has 8 nitrogen and oxygen atoms in total. The zero-order chi connectivity index (χ0) is 22.8. The number of rotatable bonds is 9. The summed E-state index contributed by atoms with van der Waals surface area (Å²) in [6.07, 6.45) is 0.826. The van der Waals surface area contributed by atoms with Gasteiger partial charge in [-0.1, -0.05) is 19.7 Å². The molecule has 2 aromatic rings. The fraction of sp³-hybridized carbons (Fsp3) is 0.400. The summed E-state index contributed by atoms with van der Waals surface area (Å²) in [5.74, 6) is 0.235. The van der Waals surface area contributed by atoms with Gasteiger partial charge in [0.05, 0.1) is 26.8 Å². The molecule has 0 spiro atoms. The van der Waals surface area contributed by atoms with Crippen LogP contribution in [0.2, 0.25) is 0 Å². The number of phosphoric ester groups is 1. The van der Waals surface area contributed by atoms with Gasteiger partial charge in [-0.2, -0.15) is 5.11 Å². The van der Waals surface area contributed by atoms with Gasteiger partial charge >= 0.3 is 7.82 Å². The number of aromatic hydroxyl groups is 1. The molecule has 0 heterocycles. The van der Waals surface area contributed by atoms with Crippen molar-refractivity contribution >= 4 is 28.4 Å². The Morgan fingerprint density at radius 1 is 1.07 bits per heavy atom. The van der Waals surface area contributed by atoms with Crippen LogP contribution in [0.25, 0.3) is 0 Å². The number of nitrogens with zero attached hydrogens (tertiary/aromatic N) is 3. The lowest BCUT2D eigenvalue weighted by Gasteiger charge is -2.24. The predicted molar refractivity (Wildman–Crippen MR) is 123 cm³/mol. The second-order valence-corrected chi connectivity index (χ2v) is 8.66. The Morgan fingerprint density at radius 2 is 1.70 bits per heavy atom. The first-order valence-electron chi connectivity index (χ1n) is 9.47. The molecule has 0 radical (unpaired) electrons. The van der Waals surface area contributed by atoms with Crippen molar-refractivity contribution in [3.63, 3.8) is 0 Å². The van der Waals surface area contributed by atoms with E-state index in [1.165, 1.54) is 12.1 Å². The van der Waals surface area contributed by atoms with Crippen molar-refractivity contribution in [3.8, 4) is 11.5 Å². The number of hydrogen-bond donors (Lipinski definition) is 2. The van der Waals surface area contributed by atoms with Crippen molar-refractivity contribution in [1.29, 1.82) is 0 Å². The van der Waals surface area contributed by atoms with Gasteiger partial charge < -0.3 is 14.1 Å². The summed E-state index contributed by atoms with van der Waals surface area (Å²) >= 11 is 0. The van der Waals surface area contributed by atoms with Crippen molar-refractivity contribution in [2.24, 2.45) is 10.2 Å². The molecule has 0 aromatic heterocycles. The Morgan fingerprint density at radius 3 is 2.27 bits per heavy atom. The Balaban J connectivity index is 0.00000218. The van der Waals surface area contributed by atoms with Crippen molar-refractivity contribution in [2.75, 3.05) is 41.0 Å². The summed E-state index contributed by atoms with van der Waals surface area (Å²) < 4.78 is 22.6. The molecule has 10 heteroatoms. The Kier molecular flexibility index (Phi) is 10.6. The molecule has 166 valence electrons. The molecule has 2 rings (SSSR count). The zero-order valence-corrected chi connectivity index (χ0v) is 20.2. The van der Waals surface area contributed by atoms with E-state index in [-0.39, 0.29) is 18.1 Å². The van der Waals surface area contributed by atoms with Gasteiger partial charge in [-0.15, -0.1) is 14.4 Å². The monoisotopic (exact) mass is 456 g/mol. The standard InChI is InChI=1S/C19H26N3O5P.CH5P/c1-5-15-6-11-19(23)18(14-15)21-20-16-7-9-17(10-8-16)27-28(24,25)26-13-12-22(2,3)4;1-2/h6-11,14H,5,12-13H2,1-4H3,(H-,20,23,24,25);2H2,1H3/p+1. The van der Waals surface area contributed by atoms with Crippen LogP contribution in [-0.4, -0.2) is 55.4 Å². The van der Waals surface area contributed by atoms with Gasteiger partial charge in [-0.05, 0) is 48.4 Å². The Bertz CT molecular complexity index is 868. The highest BCUT2D eigenvalue weighted by atomic mass is 31.2. The molecular formula is C20H32N3O5P2+. The molecule has 0 fully saturated rings. The number of azo groups is 1. The first kappa shape index (κ1) is 26.2. The SMILES string of the molecule is CCc1ccc(O)c(N=Nc2ccc(OP(=O)(O)OCC[N+](C)(C)C)cc2)c1.CP. The second-order valence-electron chi connectivity index (χ2n) is 7.28. The molecule has 0 saturated carbocycles. The Hall–Kier alpha value is -1.82. The molecule has 2 N–H and O–H groups in total. The lowest BCUT2D eigenvalue weighted by Crippen LogP contribution is -2.37. The summed E-state index contributed by atoms with van der Waals surface area (Å²) in [7, 11) is 4.09. The normalized spacial score (nSPS) is 13.4. The van der Waals surface area contributed by atoms with E-state index in [4.69, 9.17) is 9.05 Å². The number of likely N-dealkylation sites (N-methyl/N-ethyl adjacent to an activating group) is 1. The van der Waals surface area contributed by atoms with E-state index in [1.807, 2.05) is 40.8 Å². The van der Waals surface area contributed by atoms with Crippen molar-refractivity contribution in [2.45, 2.75) is 13.3 Å². The topological polar surface area (TPSA) is 101 Å². The van der Waals surface area contributed by atoms with E-state index in [0.29, 0.717) is 22.4 Å². The minimum Gasteiger partial charge on any atom is -0.506 e. The highest BCUT2D eigenvalue weighted by molar-refractivity contribution is 7.47. The molecule has 0 aliphatic heterocycles. The number of phosphoric acid groups is 1. The van der Waals surface area contributed by atoms with Crippen molar-refractivity contribution < 1.29 is 28.1 Å². The molecule has 0 aliphatic rings. The predicted octanol–water partition coefficient (Wildman–Crippen LogP) is 5.06. The van der Waals surface area contributed by atoms with Crippen LogP contribution in [0.15, 0.2) is 52.7 Å². The summed E-state index contributed by atoms with van der Waals surface area (Å²) in [4.78, 5) is 9.80. The number of phenols is 1. The second kappa shape index (κ2) is 12.1. The summed E-state index contributed by atoms with van der Waals surface area (Å²) in [6.45, 7) is 4.60. The molecule has 30 heavy (non-hydrogen) atoms. The van der Waals surface area contributed by atoms with E-state index < -0.39 is 7.82 Å². The van der Waals surface area contributed by atoms with E-state index in [0.717, 1.165) is 12.0 Å². The first-order valence-corrected chi connectivity index (χ1v) is 12.1. The van der Waals surface area contributed by atoms with E-state index in [2.05, 4.69) is 19.5 Å². The van der Waals surface area contributed by atoms with Crippen LogP contribution in [0.1, 0.15) is 12.5 Å². The summed E-state index contributed by atoms with van der Waals surface area (Å²) in [6, 6.07) is 11.4. The molecule has 0 saturated heterocycles. The third-order valence-corrected chi connectivity index (χ3v) is 4.75. The van der Waals surface area contributed by atoms with Gasteiger partial charge in [0.15, 0.2) is 0 Å². The van der Waals surface area contributed by atoms with Gasteiger partial charge in [0.2, 0.25) is 0 Å². The highest BCUT2D eigenvalue weighted by Gasteiger charge is 2.24. The Labute approximate surface area is 181 Å². The van der Waals surface area contributed by atoms with Gasteiger partial charge in [0.25, 0.3) is 0 Å². The lowest BCUT2D eigenvalue weighted by atomic mass is 10.1. The number of hydrogen-bond acceptors (Lipinski definition) is 6. The van der Waals surface area contributed by atoms with Crippen LogP contribution in [0, 0.1) is 0 Å². The maximum atomic E-state index is 12.0. The zero-order valence-electron chi connectivity index (χ0n) is 18.1. The summed E-state index contributed by atoms with van der Waals surface area (Å²) in [5.41, 5.74) is 1.93. The maximum Gasteiger partial charge on any atom is 0.527 e. The van der Waals surface area contributed by atoms with Crippen LogP contribution in [0.3, 0.4) is 0 Å². The third kappa shape index (κ3) is 9.79. The number of phenolic OH excluding ortho intramolecular Hbond substituents is 1. The lowest BCUT2D eigenvalue weighted by molar-refractivity contribution is -0.870. The van der Waals surface area contributed by atoms with Crippen LogP contribution in [0.4, 0.5) is 11.4 Å². The van der Waals surface area contributed by atoms with E-state index >= 15 is 0 Å². The number of aryl methyl sites for hydroxylation is 1. The van der Waals surface area contributed by atoms with Crippen LogP contribution >= 0.6 is 17.1 Å². The highest BCUT2D eigenvalue weighted by Crippen LogP contribution is 2.44. The van der Waals surface area contributed by atoms with Crippen LogP contribution < -0.4 is 4.52 Å². The van der Waals surface area contributed by atoms with E-state index in [1.54, 1.807) is 24.3 Å². The minimum absolute atomic E-state index is 0.0492. The van der Waals surface area contributed by atoms with Gasteiger partial charge in [-0.3, -0.25) is 9.42 Å². The molecule has 2 unspecified atom stereocenters. The maximum absolute atomic E-state index is 12.0. The molecule has 2 aromatic carbocycles. The van der Waals surface area contributed by atoms with Crippen molar-refractivity contribution in [1.82, 2.24) is 0 Å². The van der Waals surface area contributed by atoms with Crippen LogP contribution in [0.5, 0.6) is 11.5 Å².